The van der Waals surface area contributed by atoms with Crippen molar-refractivity contribution in [1.29, 1.82) is 0 Å². The molecule has 70 valence electrons. The maximum atomic E-state index is 5.63. The Labute approximate surface area is 89.4 Å². The van der Waals surface area contributed by atoms with Crippen LogP contribution in [0.3, 0.4) is 0 Å². The lowest BCUT2D eigenvalue weighted by Crippen LogP contribution is -1.97. The van der Waals surface area contributed by atoms with Crippen molar-refractivity contribution in [3.63, 3.8) is 0 Å². The van der Waals surface area contributed by atoms with Crippen molar-refractivity contribution >= 4 is 21.7 Å². The van der Waals surface area contributed by atoms with E-state index in [1.165, 1.54) is 0 Å². The lowest BCUT2D eigenvalue weighted by atomic mass is 10.3. The van der Waals surface area contributed by atoms with Gasteiger partial charge in [0.25, 0.3) is 0 Å². The minimum absolute atomic E-state index is 0.417. The second kappa shape index (κ2) is 3.71. The lowest BCUT2D eigenvalue weighted by Gasteiger charge is -2.00. The third kappa shape index (κ3) is 1.72. The van der Waals surface area contributed by atoms with Crippen molar-refractivity contribution in [3.8, 4) is 11.5 Å². The quantitative estimate of drug-likeness (QED) is 0.840. The molecule has 0 aliphatic rings. The highest BCUT2D eigenvalue weighted by atomic mass is 79.9. The highest BCUT2D eigenvalue weighted by Crippen LogP contribution is 2.18. The number of rotatable bonds is 1. The van der Waals surface area contributed by atoms with Crippen LogP contribution in [0.5, 0.6) is 0 Å². The van der Waals surface area contributed by atoms with Gasteiger partial charge in [-0.25, -0.2) is 9.97 Å². The third-order valence-corrected chi connectivity index (χ3v) is 2.28. The van der Waals surface area contributed by atoms with Crippen LogP contribution in [0, 0.1) is 0 Å². The van der Waals surface area contributed by atoms with Gasteiger partial charge in [-0.05, 0) is 28.1 Å². The van der Waals surface area contributed by atoms with Crippen LogP contribution >= 0.6 is 15.9 Å². The maximum absolute atomic E-state index is 5.63. The molecule has 0 spiro atoms. The molecule has 0 unspecified atom stereocenters. The summed E-state index contributed by atoms with van der Waals surface area (Å²) in [5, 5.41) is 0. The fourth-order valence-corrected chi connectivity index (χ4v) is 1.19. The number of hydrogen-bond acceptors (Lipinski definition) is 4. The summed E-state index contributed by atoms with van der Waals surface area (Å²) in [6.07, 6.45) is 3.31. The summed E-state index contributed by atoms with van der Waals surface area (Å²) < 4.78 is 0.692. The average molecular weight is 251 g/mol. The number of anilines is 1. The Morgan fingerprint density at radius 1 is 1.21 bits per heavy atom. The Hall–Kier alpha value is -1.49. The van der Waals surface area contributed by atoms with E-state index in [2.05, 4.69) is 30.9 Å². The van der Waals surface area contributed by atoms with Gasteiger partial charge in [-0.1, -0.05) is 6.07 Å². The standard InChI is InChI=1S/C9H7BrN4/c10-6-5-13-9(14-8(6)11)7-3-1-2-4-12-7/h1-5H,(H2,11,13,14). The fourth-order valence-electron chi connectivity index (χ4n) is 0.999. The molecule has 0 aliphatic carbocycles. The summed E-state index contributed by atoms with van der Waals surface area (Å²) in [5.41, 5.74) is 6.35. The van der Waals surface area contributed by atoms with E-state index in [0.29, 0.717) is 21.8 Å². The van der Waals surface area contributed by atoms with E-state index in [0.717, 1.165) is 0 Å². The smallest absolute Gasteiger partial charge is 0.180 e. The van der Waals surface area contributed by atoms with Crippen LogP contribution in [-0.2, 0) is 0 Å². The van der Waals surface area contributed by atoms with E-state index in [-0.39, 0.29) is 0 Å². The van der Waals surface area contributed by atoms with Crippen molar-refractivity contribution in [2.45, 2.75) is 0 Å². The van der Waals surface area contributed by atoms with Crippen LogP contribution < -0.4 is 5.73 Å². The molecule has 0 aromatic carbocycles. The van der Waals surface area contributed by atoms with E-state index in [1.54, 1.807) is 12.4 Å². The van der Waals surface area contributed by atoms with Gasteiger partial charge in [0.2, 0.25) is 0 Å². The molecule has 0 aliphatic heterocycles. The predicted molar refractivity (Wildman–Crippen MR) is 57.4 cm³/mol. The minimum atomic E-state index is 0.417. The van der Waals surface area contributed by atoms with Crippen LogP contribution in [0.4, 0.5) is 5.82 Å². The van der Waals surface area contributed by atoms with Gasteiger partial charge in [-0.15, -0.1) is 0 Å². The molecule has 0 bridgehead atoms. The molecular weight excluding hydrogens is 244 g/mol. The lowest BCUT2D eigenvalue weighted by molar-refractivity contribution is 1.14. The number of pyridine rings is 1. The van der Waals surface area contributed by atoms with Crippen LogP contribution in [-0.4, -0.2) is 15.0 Å². The summed E-state index contributed by atoms with van der Waals surface area (Å²) >= 11 is 3.23. The molecule has 0 saturated carbocycles. The first-order valence-corrected chi connectivity index (χ1v) is 4.76. The van der Waals surface area contributed by atoms with E-state index in [4.69, 9.17) is 5.73 Å². The Kier molecular flexibility index (Phi) is 2.41. The zero-order valence-electron chi connectivity index (χ0n) is 7.18. The number of halogens is 1. The topological polar surface area (TPSA) is 64.7 Å². The molecule has 14 heavy (non-hydrogen) atoms. The number of hydrogen-bond donors (Lipinski definition) is 1. The molecule has 5 heteroatoms. The first-order chi connectivity index (χ1) is 6.77. The van der Waals surface area contributed by atoms with Crippen molar-refractivity contribution < 1.29 is 0 Å². The molecule has 0 amide bonds. The second-order valence-electron chi connectivity index (χ2n) is 2.64. The number of aromatic nitrogens is 3. The van der Waals surface area contributed by atoms with E-state index in [9.17, 15) is 0 Å². The third-order valence-electron chi connectivity index (χ3n) is 1.67. The highest BCUT2D eigenvalue weighted by molar-refractivity contribution is 9.10. The number of nitrogens with two attached hydrogens (primary N) is 1. The normalized spacial score (nSPS) is 10.1. The number of nitrogens with zero attached hydrogens (tertiary/aromatic N) is 3. The van der Waals surface area contributed by atoms with Crippen molar-refractivity contribution in [2.24, 2.45) is 0 Å². The van der Waals surface area contributed by atoms with Crippen LogP contribution in [0.2, 0.25) is 0 Å². The van der Waals surface area contributed by atoms with Gasteiger partial charge in [0.15, 0.2) is 5.82 Å². The van der Waals surface area contributed by atoms with Gasteiger partial charge in [0.1, 0.15) is 11.5 Å². The van der Waals surface area contributed by atoms with Crippen LogP contribution in [0.1, 0.15) is 0 Å². The predicted octanol–water partition coefficient (Wildman–Crippen LogP) is 1.88. The summed E-state index contributed by atoms with van der Waals surface area (Å²) in [7, 11) is 0. The van der Waals surface area contributed by atoms with E-state index < -0.39 is 0 Å². The first kappa shape index (κ1) is 9.08. The maximum Gasteiger partial charge on any atom is 0.180 e. The molecule has 0 saturated heterocycles. The Bertz CT molecular complexity index is 444. The summed E-state index contributed by atoms with van der Waals surface area (Å²) in [6, 6.07) is 5.55. The van der Waals surface area contributed by atoms with Gasteiger partial charge in [-0.2, -0.15) is 0 Å². The monoisotopic (exact) mass is 250 g/mol. The second-order valence-corrected chi connectivity index (χ2v) is 3.50. The van der Waals surface area contributed by atoms with E-state index >= 15 is 0 Å². The van der Waals surface area contributed by atoms with Crippen molar-refractivity contribution in [2.75, 3.05) is 5.73 Å². The van der Waals surface area contributed by atoms with Gasteiger partial charge in [-0.3, -0.25) is 4.98 Å². The molecule has 0 radical (unpaired) electrons. The number of nitrogen functional groups attached to an aromatic ring is 1. The van der Waals surface area contributed by atoms with Crippen molar-refractivity contribution in [3.05, 3.63) is 35.1 Å². The highest BCUT2D eigenvalue weighted by Gasteiger charge is 2.04. The molecule has 2 aromatic heterocycles. The Morgan fingerprint density at radius 2 is 2.07 bits per heavy atom. The molecule has 2 heterocycles. The SMILES string of the molecule is Nc1nc(-c2ccccn2)ncc1Br. The van der Waals surface area contributed by atoms with Gasteiger partial charge >= 0.3 is 0 Å². The van der Waals surface area contributed by atoms with Crippen molar-refractivity contribution in [1.82, 2.24) is 15.0 Å². The summed E-state index contributed by atoms with van der Waals surface area (Å²) in [6.45, 7) is 0. The zero-order chi connectivity index (χ0) is 9.97. The van der Waals surface area contributed by atoms with E-state index in [1.807, 2.05) is 18.2 Å². The zero-order valence-corrected chi connectivity index (χ0v) is 8.77. The molecule has 2 aromatic rings. The molecule has 2 N–H and O–H groups in total. The molecule has 0 atom stereocenters. The minimum Gasteiger partial charge on any atom is -0.383 e. The molecule has 0 fully saturated rings. The van der Waals surface area contributed by atoms with Crippen LogP contribution in [0.15, 0.2) is 35.1 Å². The Morgan fingerprint density at radius 3 is 2.71 bits per heavy atom. The van der Waals surface area contributed by atoms with Gasteiger partial charge in [0, 0.05) is 12.4 Å². The molecular formula is C9H7BrN4. The molecule has 2 rings (SSSR count). The average Bonchev–Trinajstić information content (AvgIpc) is 2.23. The molecule has 4 nitrogen and oxygen atoms in total. The summed E-state index contributed by atoms with van der Waals surface area (Å²) in [5.74, 6) is 0.951. The first-order valence-electron chi connectivity index (χ1n) is 3.97. The fraction of sp³-hybridized carbons (Fsp3) is 0. The van der Waals surface area contributed by atoms with Gasteiger partial charge < -0.3 is 5.73 Å². The largest absolute Gasteiger partial charge is 0.383 e. The summed E-state index contributed by atoms with van der Waals surface area (Å²) in [4.78, 5) is 12.3. The van der Waals surface area contributed by atoms with Gasteiger partial charge in [0.05, 0.1) is 4.47 Å². The van der Waals surface area contributed by atoms with Crippen LogP contribution in [0.25, 0.3) is 11.5 Å². The Balaban J connectivity index is 2.48.